The number of thiazole rings is 1. The average Bonchev–Trinajstić information content (AvgIpc) is 3.43. The van der Waals surface area contributed by atoms with E-state index in [0.717, 1.165) is 54.2 Å². The van der Waals surface area contributed by atoms with Crippen LogP contribution in [0.3, 0.4) is 0 Å². The van der Waals surface area contributed by atoms with Crippen molar-refractivity contribution in [3.8, 4) is 0 Å². The molecule has 1 atom stereocenters. The van der Waals surface area contributed by atoms with Crippen LogP contribution in [0.5, 0.6) is 0 Å². The molecule has 1 heterocycles. The first kappa shape index (κ1) is 31.8. The van der Waals surface area contributed by atoms with Gasteiger partial charge in [-0.15, -0.1) is 0 Å². The number of carboxylic acid groups (broad SMARTS) is 1. The molecule has 1 aliphatic carbocycles. The number of halogens is 4. The summed E-state index contributed by atoms with van der Waals surface area (Å²) >= 11 is 0.752. The minimum atomic E-state index is -4.73. The van der Waals surface area contributed by atoms with Gasteiger partial charge in [0.2, 0.25) is 5.91 Å². The van der Waals surface area contributed by atoms with Crippen LogP contribution in [0.15, 0.2) is 66.7 Å². The number of benzene rings is 3. The lowest BCUT2D eigenvalue weighted by atomic mass is 9.88. The Morgan fingerprint density at radius 3 is 2.38 bits per heavy atom. The van der Waals surface area contributed by atoms with Crippen molar-refractivity contribution < 1.29 is 37.1 Å². The predicted octanol–water partition coefficient (Wildman–Crippen LogP) is 7.58. The van der Waals surface area contributed by atoms with E-state index in [1.165, 1.54) is 5.57 Å². The van der Waals surface area contributed by atoms with Crippen LogP contribution in [0, 0.1) is 5.82 Å². The largest absolute Gasteiger partial charge is 0.481 e. The van der Waals surface area contributed by atoms with Crippen LogP contribution in [-0.4, -0.2) is 34.4 Å². The number of hydrogen-bond acceptors (Lipinski definition) is 5. The van der Waals surface area contributed by atoms with Crippen molar-refractivity contribution in [1.29, 1.82) is 0 Å². The highest BCUT2D eigenvalue weighted by atomic mass is 32.1. The first-order valence-corrected chi connectivity index (χ1v) is 15.2. The molecule has 2 amide bonds. The molecular formula is C33H29F4N3O4S. The highest BCUT2D eigenvalue weighted by Gasteiger charge is 2.32. The van der Waals surface area contributed by atoms with Gasteiger partial charge in [0.15, 0.2) is 10.9 Å². The van der Waals surface area contributed by atoms with Gasteiger partial charge in [-0.1, -0.05) is 53.8 Å². The second-order valence-corrected chi connectivity index (χ2v) is 11.8. The van der Waals surface area contributed by atoms with Gasteiger partial charge >= 0.3 is 12.1 Å². The molecule has 234 valence electrons. The Hall–Kier alpha value is -4.58. The molecule has 12 heteroatoms. The monoisotopic (exact) mass is 639 g/mol. The number of rotatable bonds is 10. The minimum absolute atomic E-state index is 0.0156. The van der Waals surface area contributed by atoms with E-state index in [4.69, 9.17) is 5.11 Å². The van der Waals surface area contributed by atoms with E-state index >= 15 is 0 Å². The Kier molecular flexibility index (Phi) is 9.62. The van der Waals surface area contributed by atoms with Crippen molar-refractivity contribution >= 4 is 50.0 Å². The average molecular weight is 640 g/mol. The fourth-order valence-corrected chi connectivity index (χ4v) is 6.13. The number of carbonyl (C=O) groups excluding carboxylic acids is 2. The SMILES string of the molecule is O=C(O)CCNC(=O)c1ccc(CC(C(=O)Nc2nc3c(F)cc(C(F)(F)F)cc3s2)c2ccc(C3=CCCCC3)cc2)cc1. The molecule has 0 saturated heterocycles. The second-order valence-electron chi connectivity index (χ2n) is 10.8. The molecule has 7 nitrogen and oxygen atoms in total. The van der Waals surface area contributed by atoms with E-state index in [1.54, 1.807) is 24.3 Å². The van der Waals surface area contributed by atoms with Crippen molar-refractivity contribution in [2.75, 3.05) is 11.9 Å². The van der Waals surface area contributed by atoms with E-state index in [2.05, 4.69) is 21.7 Å². The zero-order valence-corrected chi connectivity index (χ0v) is 24.7. The molecule has 3 N–H and O–H groups in total. The number of aromatic nitrogens is 1. The zero-order valence-electron chi connectivity index (χ0n) is 23.9. The Morgan fingerprint density at radius 1 is 1.00 bits per heavy atom. The maximum atomic E-state index is 14.5. The molecule has 0 saturated carbocycles. The lowest BCUT2D eigenvalue weighted by molar-refractivity contribution is -0.138. The van der Waals surface area contributed by atoms with Crippen molar-refractivity contribution in [2.24, 2.45) is 0 Å². The van der Waals surface area contributed by atoms with E-state index in [9.17, 15) is 31.9 Å². The van der Waals surface area contributed by atoms with Crippen molar-refractivity contribution in [3.05, 3.63) is 100 Å². The number of aliphatic carboxylic acids is 1. The Balaban J connectivity index is 1.39. The molecule has 3 aromatic carbocycles. The minimum Gasteiger partial charge on any atom is -0.481 e. The summed E-state index contributed by atoms with van der Waals surface area (Å²) < 4.78 is 54.1. The number of alkyl halides is 3. The smallest absolute Gasteiger partial charge is 0.416 e. The molecule has 0 fully saturated rings. The van der Waals surface area contributed by atoms with Gasteiger partial charge in [-0.05, 0) is 78.6 Å². The maximum Gasteiger partial charge on any atom is 0.416 e. The number of hydrogen-bond donors (Lipinski definition) is 3. The molecule has 0 bridgehead atoms. The van der Waals surface area contributed by atoms with Crippen LogP contribution in [0.1, 0.15) is 70.6 Å². The molecule has 1 aliphatic rings. The molecule has 0 spiro atoms. The number of carbonyl (C=O) groups is 3. The number of nitrogens with zero attached hydrogens (tertiary/aromatic N) is 1. The third-order valence-electron chi connectivity index (χ3n) is 7.58. The van der Waals surface area contributed by atoms with Crippen molar-refractivity contribution in [3.63, 3.8) is 0 Å². The third kappa shape index (κ3) is 7.93. The van der Waals surface area contributed by atoms with Crippen LogP contribution >= 0.6 is 11.3 Å². The standard InChI is InChI=1S/C33H29F4N3O4S/c34-26-17-24(33(35,36)37)18-27-29(26)39-32(45-27)40-31(44)25(22-12-10-21(11-13-22)20-4-2-1-3-5-20)16-19-6-8-23(9-7-19)30(43)38-15-14-28(41)42/h4,6-13,17-18,25H,1-3,5,14-16H2,(H,38,43)(H,41,42)(H,39,40,44). The maximum absolute atomic E-state index is 14.5. The number of amides is 2. The van der Waals surface area contributed by atoms with Crippen LogP contribution < -0.4 is 10.6 Å². The first-order valence-electron chi connectivity index (χ1n) is 14.3. The van der Waals surface area contributed by atoms with Crippen molar-refractivity contribution in [2.45, 2.75) is 50.6 Å². The molecule has 5 rings (SSSR count). The molecule has 1 aromatic heterocycles. The van der Waals surface area contributed by atoms with Gasteiger partial charge in [-0.3, -0.25) is 14.4 Å². The van der Waals surface area contributed by atoms with Crippen LogP contribution in [0.4, 0.5) is 22.7 Å². The summed E-state index contributed by atoms with van der Waals surface area (Å²) in [5.74, 6) is -3.82. The Labute approximate surface area is 260 Å². The first-order chi connectivity index (χ1) is 21.5. The Morgan fingerprint density at radius 2 is 1.73 bits per heavy atom. The van der Waals surface area contributed by atoms with E-state index in [-0.39, 0.29) is 34.7 Å². The normalized spacial score (nSPS) is 14.1. The number of allylic oxidation sites excluding steroid dienone is 2. The lowest BCUT2D eigenvalue weighted by Gasteiger charge is -2.18. The second kappa shape index (κ2) is 13.6. The van der Waals surface area contributed by atoms with Gasteiger partial charge in [-0.2, -0.15) is 13.2 Å². The third-order valence-corrected chi connectivity index (χ3v) is 8.50. The lowest BCUT2D eigenvalue weighted by Crippen LogP contribution is -2.26. The molecule has 1 unspecified atom stereocenters. The summed E-state index contributed by atoms with van der Waals surface area (Å²) in [5.41, 5.74) is 2.65. The van der Waals surface area contributed by atoms with E-state index in [1.807, 2.05) is 24.3 Å². The number of fused-ring (bicyclic) bond motifs is 1. The zero-order chi connectivity index (χ0) is 32.1. The van der Waals surface area contributed by atoms with Gasteiger partial charge in [0.25, 0.3) is 5.91 Å². The fraction of sp³-hybridized carbons (Fsp3) is 0.273. The van der Waals surface area contributed by atoms with E-state index in [0.29, 0.717) is 17.2 Å². The molecule has 0 radical (unpaired) electrons. The summed E-state index contributed by atoms with van der Waals surface area (Å²) in [6, 6.07) is 15.4. The molecule has 0 aliphatic heterocycles. The van der Waals surface area contributed by atoms with Gasteiger partial charge in [0, 0.05) is 12.1 Å². The fourth-order valence-electron chi connectivity index (χ4n) is 5.20. The number of anilines is 1. The predicted molar refractivity (Wildman–Crippen MR) is 164 cm³/mol. The molecule has 4 aromatic rings. The van der Waals surface area contributed by atoms with Crippen LogP contribution in [-0.2, 0) is 22.2 Å². The van der Waals surface area contributed by atoms with Gasteiger partial charge in [-0.25, -0.2) is 9.37 Å². The summed E-state index contributed by atoms with van der Waals surface area (Å²) in [5, 5.41) is 14.0. The molecular weight excluding hydrogens is 610 g/mol. The van der Waals surface area contributed by atoms with Crippen molar-refractivity contribution in [1.82, 2.24) is 10.3 Å². The summed E-state index contributed by atoms with van der Waals surface area (Å²) in [6.45, 7) is -0.0156. The highest BCUT2D eigenvalue weighted by Crippen LogP contribution is 2.36. The van der Waals surface area contributed by atoms with Crippen LogP contribution in [0.2, 0.25) is 0 Å². The Bertz CT molecular complexity index is 1750. The quantitative estimate of drug-likeness (QED) is 0.155. The summed E-state index contributed by atoms with van der Waals surface area (Å²) in [4.78, 5) is 40.8. The van der Waals surface area contributed by atoms with Gasteiger partial charge in [0.1, 0.15) is 5.52 Å². The number of nitrogens with one attached hydrogen (secondary N) is 2. The van der Waals surface area contributed by atoms with Gasteiger partial charge < -0.3 is 15.7 Å². The summed E-state index contributed by atoms with van der Waals surface area (Å²) in [6.07, 6.45) is 1.75. The number of carboxylic acids is 1. The highest BCUT2D eigenvalue weighted by molar-refractivity contribution is 7.22. The summed E-state index contributed by atoms with van der Waals surface area (Å²) in [7, 11) is 0. The van der Waals surface area contributed by atoms with E-state index < -0.39 is 41.3 Å². The molecule has 45 heavy (non-hydrogen) atoms. The van der Waals surface area contributed by atoms with Crippen LogP contribution in [0.25, 0.3) is 15.8 Å². The topological polar surface area (TPSA) is 108 Å². The van der Waals surface area contributed by atoms with Gasteiger partial charge in [0.05, 0.1) is 22.6 Å².